The van der Waals surface area contributed by atoms with E-state index in [9.17, 15) is 21.6 Å². The summed E-state index contributed by atoms with van der Waals surface area (Å²) in [6, 6.07) is 11.5. The lowest BCUT2D eigenvalue weighted by Gasteiger charge is -2.21. The second-order valence-electron chi connectivity index (χ2n) is 6.30. The summed E-state index contributed by atoms with van der Waals surface area (Å²) in [5.41, 5.74) is 1.23. The maximum Gasteiger partial charge on any atom is 0.265 e. The molecule has 2 aromatic carbocycles. The highest BCUT2D eigenvalue weighted by Crippen LogP contribution is 2.33. The summed E-state index contributed by atoms with van der Waals surface area (Å²) in [6.07, 6.45) is 1.35. The monoisotopic (exact) mass is 488 g/mol. The van der Waals surface area contributed by atoms with E-state index >= 15 is 0 Å². The molecule has 8 nitrogen and oxygen atoms in total. The predicted octanol–water partition coefficient (Wildman–Crippen LogP) is 2.12. The molecule has 11 heteroatoms. The van der Waals surface area contributed by atoms with Gasteiger partial charge in [-0.3, -0.25) is 4.79 Å². The fourth-order valence-corrected chi connectivity index (χ4v) is 6.68. The Morgan fingerprint density at radius 1 is 1.11 bits per heavy atom. The smallest absolute Gasteiger partial charge is 0.265 e. The van der Waals surface area contributed by atoms with Crippen molar-refractivity contribution in [1.29, 1.82) is 0 Å². The first kappa shape index (κ1) is 20.6. The topological polar surface area (TPSA) is 110 Å². The number of ether oxygens (including phenoxy) is 1. The van der Waals surface area contributed by atoms with Gasteiger partial charge in [-0.25, -0.2) is 16.8 Å². The number of rotatable bonds is 5. The van der Waals surface area contributed by atoms with Gasteiger partial charge >= 0.3 is 0 Å². The van der Waals surface area contributed by atoms with Crippen LogP contribution in [0.1, 0.15) is 5.56 Å². The summed E-state index contributed by atoms with van der Waals surface area (Å²) in [6.45, 7) is 0. The summed E-state index contributed by atoms with van der Waals surface area (Å²) in [5.74, 6) is 0.301. The molecule has 0 aliphatic carbocycles. The number of carbonyl (C=O) groups excluding carboxylic acids is 1. The highest BCUT2D eigenvalue weighted by Gasteiger charge is 2.31. The van der Waals surface area contributed by atoms with Crippen molar-refractivity contribution in [1.82, 2.24) is 0 Å². The Morgan fingerprint density at radius 3 is 2.32 bits per heavy atom. The van der Waals surface area contributed by atoms with Crippen LogP contribution in [-0.2, 0) is 31.3 Å². The molecule has 1 atom stereocenters. The summed E-state index contributed by atoms with van der Waals surface area (Å²) in [7, 11) is -8.14. The first-order valence-corrected chi connectivity index (χ1v) is 12.5. The molecular weight excluding hydrogens is 472 g/mol. The van der Waals surface area contributed by atoms with E-state index in [1.165, 1.54) is 18.2 Å². The molecule has 0 aromatic heterocycles. The van der Waals surface area contributed by atoms with Crippen LogP contribution in [0.3, 0.4) is 0 Å². The maximum absolute atomic E-state index is 12.5. The molecule has 1 heterocycles. The van der Waals surface area contributed by atoms with Crippen LogP contribution < -0.4 is 13.8 Å². The number of benzene rings is 2. The molecule has 0 bridgehead atoms. The van der Waals surface area contributed by atoms with Crippen LogP contribution in [0.4, 0.5) is 11.4 Å². The standard InChI is InChI=1S/C17H17BrN2O6S2/c1-27(22,23)20(28(2,24)25)14-8-7-12(10-13(14)18)19-17(21)16-9-11-5-3-4-6-15(11)26-16/h3-8,10,16H,9H2,1-2H3,(H,19,21). The van der Waals surface area contributed by atoms with E-state index in [-0.39, 0.29) is 16.1 Å². The van der Waals surface area contributed by atoms with Gasteiger partial charge < -0.3 is 10.1 Å². The van der Waals surface area contributed by atoms with Gasteiger partial charge in [-0.15, -0.1) is 0 Å². The molecule has 28 heavy (non-hydrogen) atoms. The number of halogens is 1. The molecule has 1 aliphatic rings. The zero-order valence-electron chi connectivity index (χ0n) is 14.9. The minimum absolute atomic E-state index is 0.0764. The van der Waals surface area contributed by atoms with Crippen LogP contribution in [0.5, 0.6) is 5.75 Å². The number of fused-ring (bicyclic) bond motifs is 1. The van der Waals surface area contributed by atoms with E-state index in [0.717, 1.165) is 18.1 Å². The van der Waals surface area contributed by atoms with Crippen molar-refractivity contribution in [2.24, 2.45) is 0 Å². The fraction of sp³-hybridized carbons (Fsp3) is 0.235. The van der Waals surface area contributed by atoms with Gasteiger partial charge in [0.15, 0.2) is 6.10 Å². The van der Waals surface area contributed by atoms with Crippen molar-refractivity contribution in [3.05, 3.63) is 52.5 Å². The Bertz CT molecular complexity index is 1090. The van der Waals surface area contributed by atoms with E-state index in [1.807, 2.05) is 18.2 Å². The third-order valence-corrected chi connectivity index (χ3v) is 7.81. The number of amides is 1. The third-order valence-electron chi connectivity index (χ3n) is 3.95. The minimum atomic E-state index is -4.07. The summed E-state index contributed by atoms with van der Waals surface area (Å²) in [5, 5.41) is 2.69. The van der Waals surface area contributed by atoms with Crippen LogP contribution in [-0.4, -0.2) is 41.4 Å². The normalized spacial score (nSPS) is 16.2. The molecule has 1 amide bonds. The van der Waals surface area contributed by atoms with Gasteiger partial charge in [0.2, 0.25) is 20.0 Å². The third kappa shape index (κ3) is 4.31. The lowest BCUT2D eigenvalue weighted by Crippen LogP contribution is -2.35. The molecule has 1 N–H and O–H groups in total. The van der Waals surface area contributed by atoms with Crippen molar-refractivity contribution >= 4 is 53.3 Å². The highest BCUT2D eigenvalue weighted by atomic mass is 79.9. The SMILES string of the molecule is CS(=O)(=O)N(c1ccc(NC(=O)C2Cc3ccccc3O2)cc1Br)S(C)(=O)=O. The van der Waals surface area contributed by atoms with E-state index < -0.39 is 26.2 Å². The second kappa shape index (κ2) is 7.37. The number of carbonyl (C=O) groups is 1. The van der Waals surface area contributed by atoms with Crippen LogP contribution in [0.2, 0.25) is 0 Å². The second-order valence-corrected chi connectivity index (χ2v) is 11.0. The number of nitrogens with one attached hydrogen (secondary N) is 1. The lowest BCUT2D eigenvalue weighted by molar-refractivity contribution is -0.122. The molecule has 3 rings (SSSR count). The number of para-hydroxylation sites is 1. The molecule has 2 aromatic rings. The van der Waals surface area contributed by atoms with Gasteiger partial charge in [-0.2, -0.15) is 3.71 Å². The van der Waals surface area contributed by atoms with Crippen LogP contribution in [0.25, 0.3) is 0 Å². The Kier molecular flexibility index (Phi) is 5.43. The van der Waals surface area contributed by atoms with Gasteiger partial charge in [-0.1, -0.05) is 18.2 Å². The Labute approximate surface area is 171 Å². The zero-order chi connectivity index (χ0) is 20.7. The molecule has 0 saturated heterocycles. The van der Waals surface area contributed by atoms with Crippen LogP contribution in [0, 0.1) is 0 Å². The zero-order valence-corrected chi connectivity index (χ0v) is 18.1. The first-order chi connectivity index (χ1) is 13.0. The van der Waals surface area contributed by atoms with Crippen molar-refractivity contribution < 1.29 is 26.4 Å². The van der Waals surface area contributed by atoms with E-state index in [0.29, 0.717) is 21.6 Å². The van der Waals surface area contributed by atoms with Gasteiger partial charge in [0.1, 0.15) is 5.75 Å². The number of hydrogen-bond donors (Lipinski definition) is 1. The Balaban J connectivity index is 1.81. The summed E-state index contributed by atoms with van der Waals surface area (Å²) in [4.78, 5) is 12.5. The highest BCUT2D eigenvalue weighted by molar-refractivity contribution is 9.10. The Hall–Kier alpha value is -2.11. The van der Waals surface area contributed by atoms with Crippen molar-refractivity contribution in [2.45, 2.75) is 12.5 Å². The van der Waals surface area contributed by atoms with E-state index in [4.69, 9.17) is 4.74 Å². The first-order valence-electron chi connectivity index (χ1n) is 8.02. The number of hydrogen-bond acceptors (Lipinski definition) is 6. The van der Waals surface area contributed by atoms with Crippen LogP contribution in [0.15, 0.2) is 46.9 Å². The largest absolute Gasteiger partial charge is 0.480 e. The minimum Gasteiger partial charge on any atom is -0.480 e. The molecule has 1 unspecified atom stereocenters. The van der Waals surface area contributed by atoms with E-state index in [2.05, 4.69) is 21.2 Å². The van der Waals surface area contributed by atoms with Gasteiger partial charge in [0.25, 0.3) is 5.91 Å². The molecule has 1 aliphatic heterocycles. The predicted molar refractivity (Wildman–Crippen MR) is 110 cm³/mol. The maximum atomic E-state index is 12.5. The molecule has 0 spiro atoms. The fourth-order valence-electron chi connectivity index (χ4n) is 2.89. The average Bonchev–Trinajstić information content (AvgIpc) is 2.99. The molecule has 0 radical (unpaired) electrons. The quantitative estimate of drug-likeness (QED) is 0.689. The summed E-state index contributed by atoms with van der Waals surface area (Å²) >= 11 is 3.18. The van der Waals surface area contributed by atoms with Gasteiger partial charge in [0.05, 0.1) is 18.2 Å². The lowest BCUT2D eigenvalue weighted by atomic mass is 10.1. The molecule has 150 valence electrons. The van der Waals surface area contributed by atoms with Crippen LogP contribution >= 0.6 is 15.9 Å². The van der Waals surface area contributed by atoms with Gasteiger partial charge in [-0.05, 0) is 45.8 Å². The number of sulfonamides is 2. The van der Waals surface area contributed by atoms with Crippen molar-refractivity contribution in [3.63, 3.8) is 0 Å². The Morgan fingerprint density at radius 2 is 1.75 bits per heavy atom. The number of nitrogens with zero attached hydrogens (tertiary/aromatic N) is 1. The van der Waals surface area contributed by atoms with Gasteiger partial charge in [0, 0.05) is 16.6 Å². The molecule has 0 fully saturated rings. The van der Waals surface area contributed by atoms with Crippen molar-refractivity contribution in [2.75, 3.05) is 21.5 Å². The summed E-state index contributed by atoms with van der Waals surface area (Å²) < 4.78 is 53.8. The molecule has 0 saturated carbocycles. The van der Waals surface area contributed by atoms with E-state index in [1.54, 1.807) is 6.07 Å². The average molecular weight is 489 g/mol. The van der Waals surface area contributed by atoms with Crippen molar-refractivity contribution in [3.8, 4) is 5.75 Å². The molecular formula is C17H17BrN2O6S2. The number of anilines is 2.